The Morgan fingerprint density at radius 2 is 1.93 bits per heavy atom. The first-order chi connectivity index (χ1) is 12.8. The molecule has 1 heterocycles. The molecular weight excluding hydrogens is 372 g/mol. The summed E-state index contributed by atoms with van der Waals surface area (Å²) < 4.78 is 6.88. The summed E-state index contributed by atoms with van der Waals surface area (Å²) in [5.41, 5.74) is -0.104. The number of hydrogen-bond acceptors (Lipinski definition) is 4. The minimum Gasteiger partial charge on any atom is -0.490 e. The van der Waals surface area contributed by atoms with Crippen molar-refractivity contribution in [1.29, 1.82) is 0 Å². The Bertz CT molecular complexity index is 878. The number of para-hydroxylation sites is 1. The Kier molecular flexibility index (Phi) is 7.01. The van der Waals surface area contributed by atoms with Gasteiger partial charge in [0.1, 0.15) is 18.4 Å². The number of rotatable bonds is 8. The smallest absolute Gasteiger partial charge is 0.326 e. The third-order valence-corrected chi connectivity index (χ3v) is 4.20. The molecule has 0 saturated heterocycles. The third-order valence-electron chi connectivity index (χ3n) is 3.89. The summed E-state index contributed by atoms with van der Waals surface area (Å²) in [6.45, 7) is 3.79. The highest BCUT2D eigenvalue weighted by Gasteiger charge is 2.24. The number of halogens is 1. The standard InChI is InChI=1S/C19H21ClN2O5/c1-12(2)17(19(25)26)21-18(24)13-7-8-16(23)22(11-13)9-10-27-15-6-4-3-5-14(15)20/h3-8,11-12,17H,9-10H2,1-2H3,(H,21,24)(H,25,26)/t17-/m1/s1. The second-order valence-corrected chi connectivity index (χ2v) is 6.67. The number of carbonyl (C=O) groups is 2. The lowest BCUT2D eigenvalue weighted by Crippen LogP contribution is -2.44. The van der Waals surface area contributed by atoms with Crippen LogP contribution in [-0.4, -0.2) is 34.2 Å². The molecule has 8 heteroatoms. The fourth-order valence-electron chi connectivity index (χ4n) is 2.39. The van der Waals surface area contributed by atoms with Crippen LogP contribution < -0.4 is 15.6 Å². The Morgan fingerprint density at radius 1 is 1.22 bits per heavy atom. The lowest BCUT2D eigenvalue weighted by molar-refractivity contribution is -0.140. The number of hydrogen-bond donors (Lipinski definition) is 2. The fourth-order valence-corrected chi connectivity index (χ4v) is 2.58. The van der Waals surface area contributed by atoms with Crippen molar-refractivity contribution in [3.05, 3.63) is 63.5 Å². The van der Waals surface area contributed by atoms with E-state index in [1.54, 1.807) is 38.1 Å². The summed E-state index contributed by atoms with van der Waals surface area (Å²) in [6, 6.07) is 8.59. The van der Waals surface area contributed by atoms with Crippen LogP contribution in [0.25, 0.3) is 0 Å². The lowest BCUT2D eigenvalue weighted by atomic mass is 10.0. The number of nitrogens with zero attached hydrogens (tertiary/aromatic N) is 1. The van der Waals surface area contributed by atoms with Crippen LogP contribution in [-0.2, 0) is 11.3 Å². The number of amides is 1. The number of pyridine rings is 1. The second kappa shape index (κ2) is 9.23. The molecule has 0 bridgehead atoms. The Balaban J connectivity index is 2.07. The SMILES string of the molecule is CC(C)[C@@H](NC(=O)c1ccc(=O)n(CCOc2ccccc2Cl)c1)C(=O)O. The zero-order valence-electron chi connectivity index (χ0n) is 15.0. The first-order valence-corrected chi connectivity index (χ1v) is 8.79. The van der Waals surface area contributed by atoms with E-state index in [4.69, 9.17) is 16.3 Å². The van der Waals surface area contributed by atoms with Crippen molar-refractivity contribution in [2.45, 2.75) is 26.4 Å². The minimum absolute atomic E-state index is 0.179. The molecule has 1 atom stereocenters. The van der Waals surface area contributed by atoms with Gasteiger partial charge >= 0.3 is 5.97 Å². The van der Waals surface area contributed by atoms with Crippen molar-refractivity contribution in [2.24, 2.45) is 5.92 Å². The number of nitrogens with one attached hydrogen (secondary N) is 1. The van der Waals surface area contributed by atoms with Crippen LogP contribution in [0.3, 0.4) is 0 Å². The largest absolute Gasteiger partial charge is 0.490 e. The van der Waals surface area contributed by atoms with Gasteiger partial charge in [0.2, 0.25) is 0 Å². The van der Waals surface area contributed by atoms with Crippen molar-refractivity contribution in [1.82, 2.24) is 9.88 Å². The number of benzene rings is 1. The Labute approximate surface area is 161 Å². The quantitative estimate of drug-likeness (QED) is 0.719. The molecule has 0 aliphatic rings. The van der Waals surface area contributed by atoms with Gasteiger partial charge in [-0.25, -0.2) is 4.79 Å². The number of ether oxygens (including phenoxy) is 1. The van der Waals surface area contributed by atoms with E-state index in [0.717, 1.165) is 0 Å². The van der Waals surface area contributed by atoms with Gasteiger partial charge in [0, 0.05) is 12.3 Å². The van der Waals surface area contributed by atoms with E-state index in [2.05, 4.69) is 5.32 Å². The van der Waals surface area contributed by atoms with Gasteiger partial charge in [-0.05, 0) is 24.1 Å². The van der Waals surface area contributed by atoms with Gasteiger partial charge in [-0.2, -0.15) is 0 Å². The highest BCUT2D eigenvalue weighted by Crippen LogP contribution is 2.22. The maximum Gasteiger partial charge on any atom is 0.326 e. The molecule has 0 aliphatic heterocycles. The minimum atomic E-state index is -1.11. The van der Waals surface area contributed by atoms with Crippen LogP contribution in [0.15, 0.2) is 47.4 Å². The predicted octanol–water partition coefficient (Wildman–Crippen LogP) is 2.42. The van der Waals surface area contributed by atoms with Crippen LogP contribution in [0.1, 0.15) is 24.2 Å². The van der Waals surface area contributed by atoms with E-state index in [0.29, 0.717) is 10.8 Å². The van der Waals surface area contributed by atoms with E-state index < -0.39 is 17.9 Å². The molecule has 0 unspecified atom stereocenters. The first-order valence-electron chi connectivity index (χ1n) is 8.41. The maximum atomic E-state index is 12.3. The van der Waals surface area contributed by atoms with Crippen LogP contribution in [0.4, 0.5) is 0 Å². The molecule has 0 fully saturated rings. The summed E-state index contributed by atoms with van der Waals surface area (Å²) in [6.07, 6.45) is 1.38. The zero-order valence-corrected chi connectivity index (χ0v) is 15.8. The molecular formula is C19H21ClN2O5. The third kappa shape index (κ3) is 5.59. The van der Waals surface area contributed by atoms with E-state index in [-0.39, 0.29) is 30.2 Å². The summed E-state index contributed by atoms with van der Waals surface area (Å²) in [7, 11) is 0. The molecule has 2 rings (SSSR count). The normalized spacial score (nSPS) is 11.9. The van der Waals surface area contributed by atoms with E-state index >= 15 is 0 Å². The fraction of sp³-hybridized carbons (Fsp3) is 0.316. The molecule has 2 N–H and O–H groups in total. The van der Waals surface area contributed by atoms with E-state index in [1.165, 1.54) is 22.9 Å². The topological polar surface area (TPSA) is 97.6 Å². The summed E-state index contributed by atoms with van der Waals surface area (Å²) in [5, 5.41) is 12.1. The molecule has 1 aromatic carbocycles. The molecule has 0 saturated carbocycles. The van der Waals surface area contributed by atoms with Gasteiger partial charge in [0.05, 0.1) is 17.1 Å². The van der Waals surface area contributed by atoms with Gasteiger partial charge in [-0.3, -0.25) is 9.59 Å². The molecule has 2 aromatic rings. The number of carboxylic acid groups (broad SMARTS) is 1. The van der Waals surface area contributed by atoms with Crippen molar-refractivity contribution < 1.29 is 19.4 Å². The molecule has 144 valence electrons. The van der Waals surface area contributed by atoms with Crippen LogP contribution >= 0.6 is 11.6 Å². The van der Waals surface area contributed by atoms with Gasteiger partial charge in [-0.1, -0.05) is 37.6 Å². The van der Waals surface area contributed by atoms with E-state index in [9.17, 15) is 19.5 Å². The lowest BCUT2D eigenvalue weighted by Gasteiger charge is -2.18. The molecule has 0 aliphatic carbocycles. The molecule has 1 amide bonds. The molecule has 0 spiro atoms. The number of aromatic nitrogens is 1. The van der Waals surface area contributed by atoms with Crippen molar-refractivity contribution in [3.63, 3.8) is 0 Å². The Morgan fingerprint density at radius 3 is 2.56 bits per heavy atom. The number of carbonyl (C=O) groups excluding carboxylic acids is 1. The molecule has 0 radical (unpaired) electrons. The average molecular weight is 393 g/mol. The number of carboxylic acids is 1. The second-order valence-electron chi connectivity index (χ2n) is 6.26. The maximum absolute atomic E-state index is 12.3. The highest BCUT2D eigenvalue weighted by atomic mass is 35.5. The highest BCUT2D eigenvalue weighted by molar-refractivity contribution is 6.32. The molecule has 7 nitrogen and oxygen atoms in total. The average Bonchev–Trinajstić information content (AvgIpc) is 2.62. The molecule has 1 aromatic heterocycles. The van der Waals surface area contributed by atoms with Crippen molar-refractivity contribution >= 4 is 23.5 Å². The predicted molar refractivity (Wildman–Crippen MR) is 101 cm³/mol. The van der Waals surface area contributed by atoms with Gasteiger partial charge in [0.15, 0.2) is 0 Å². The van der Waals surface area contributed by atoms with Crippen LogP contribution in [0.2, 0.25) is 5.02 Å². The molecule has 27 heavy (non-hydrogen) atoms. The zero-order chi connectivity index (χ0) is 20.0. The van der Waals surface area contributed by atoms with Crippen molar-refractivity contribution in [2.75, 3.05) is 6.61 Å². The van der Waals surface area contributed by atoms with Gasteiger partial charge in [0.25, 0.3) is 11.5 Å². The monoisotopic (exact) mass is 392 g/mol. The van der Waals surface area contributed by atoms with Crippen molar-refractivity contribution in [3.8, 4) is 5.75 Å². The number of aliphatic carboxylic acids is 1. The summed E-state index contributed by atoms with van der Waals surface area (Å²) in [4.78, 5) is 35.6. The van der Waals surface area contributed by atoms with Crippen LogP contribution in [0, 0.1) is 5.92 Å². The van der Waals surface area contributed by atoms with Gasteiger partial charge in [-0.15, -0.1) is 0 Å². The summed E-state index contributed by atoms with van der Waals surface area (Å²) in [5.74, 6) is -1.44. The van der Waals surface area contributed by atoms with Crippen LogP contribution in [0.5, 0.6) is 5.75 Å². The van der Waals surface area contributed by atoms with E-state index in [1.807, 2.05) is 0 Å². The first kappa shape index (κ1) is 20.5. The Hall–Kier alpha value is -2.80. The van der Waals surface area contributed by atoms with Gasteiger partial charge < -0.3 is 19.7 Å². The summed E-state index contributed by atoms with van der Waals surface area (Å²) >= 11 is 6.01.